The number of benzene rings is 1. The van der Waals surface area contributed by atoms with E-state index in [0.29, 0.717) is 37.7 Å². The Morgan fingerprint density at radius 2 is 2.00 bits per heavy atom. The molecule has 0 unspecified atom stereocenters. The lowest BCUT2D eigenvalue weighted by Crippen LogP contribution is -2.30. The lowest BCUT2D eigenvalue weighted by atomic mass is 10.1. The van der Waals surface area contributed by atoms with Crippen LogP contribution >= 0.6 is 0 Å². The second-order valence-electron chi connectivity index (χ2n) is 4.78. The molecule has 2 rings (SSSR count). The van der Waals surface area contributed by atoms with Crippen molar-refractivity contribution in [1.29, 1.82) is 0 Å². The minimum Gasteiger partial charge on any atom is -0.313 e. The fourth-order valence-electron chi connectivity index (χ4n) is 1.98. The summed E-state index contributed by atoms with van der Waals surface area (Å²) >= 11 is 0. The molecule has 1 heterocycles. The Morgan fingerprint density at radius 3 is 2.59 bits per heavy atom. The highest BCUT2D eigenvalue weighted by Gasteiger charge is 2.33. The number of hydrogen-bond acceptors (Lipinski definition) is 3. The molecule has 1 aromatic carbocycles. The number of rotatable bonds is 4. The number of sulfonamides is 1. The molecule has 0 fully saturated rings. The van der Waals surface area contributed by atoms with Crippen molar-refractivity contribution in [2.24, 2.45) is 0 Å². The molecule has 0 radical (unpaired) electrons. The monoisotopic (exact) mass is 338 g/mol. The summed E-state index contributed by atoms with van der Waals surface area (Å²) in [4.78, 5) is -1.00. The summed E-state index contributed by atoms with van der Waals surface area (Å²) < 4.78 is 77.6. The molecule has 4 nitrogen and oxygen atoms in total. The number of nitrogens with one attached hydrogen (secondary N) is 2. The topological polar surface area (TPSA) is 58.2 Å². The Kier molecular flexibility index (Phi) is 4.88. The van der Waals surface area contributed by atoms with Gasteiger partial charge in [-0.3, -0.25) is 0 Å². The second-order valence-corrected chi connectivity index (χ2v) is 6.52. The average Bonchev–Trinajstić information content (AvgIpc) is 2.45. The fraction of sp³-hybridized carbons (Fsp3) is 0.385. The van der Waals surface area contributed by atoms with Crippen LogP contribution in [0.15, 0.2) is 34.7 Å². The minimum atomic E-state index is -4.74. The maximum absolute atomic E-state index is 13.6. The first-order valence-corrected chi connectivity index (χ1v) is 7.93. The van der Waals surface area contributed by atoms with Crippen LogP contribution in [-0.4, -0.2) is 28.1 Å². The van der Waals surface area contributed by atoms with E-state index in [1.165, 1.54) is 0 Å². The first-order chi connectivity index (χ1) is 10.2. The van der Waals surface area contributed by atoms with Crippen molar-refractivity contribution in [1.82, 2.24) is 10.0 Å². The van der Waals surface area contributed by atoms with Crippen LogP contribution in [0.4, 0.5) is 17.6 Å². The Bertz CT molecular complexity index is 684. The molecule has 122 valence electrons. The molecule has 0 amide bonds. The van der Waals surface area contributed by atoms with Gasteiger partial charge >= 0.3 is 6.18 Å². The fourth-order valence-corrected chi connectivity index (χ4v) is 3.12. The zero-order valence-corrected chi connectivity index (χ0v) is 12.2. The summed E-state index contributed by atoms with van der Waals surface area (Å²) in [6.45, 7) is 1.22. The summed E-state index contributed by atoms with van der Waals surface area (Å²) in [6.07, 6.45) is -2.34. The summed E-state index contributed by atoms with van der Waals surface area (Å²) in [5.74, 6) is -1.22. The van der Waals surface area contributed by atoms with Gasteiger partial charge in [0.05, 0.1) is 5.56 Å². The van der Waals surface area contributed by atoms with Crippen molar-refractivity contribution >= 4 is 10.0 Å². The third-order valence-electron chi connectivity index (χ3n) is 3.20. The molecule has 0 spiro atoms. The van der Waals surface area contributed by atoms with Crippen molar-refractivity contribution in [2.45, 2.75) is 17.5 Å². The van der Waals surface area contributed by atoms with E-state index >= 15 is 0 Å². The molecule has 2 N–H and O–H groups in total. The predicted octanol–water partition coefficient (Wildman–Crippen LogP) is 2.04. The molecule has 0 aliphatic carbocycles. The molecule has 1 aliphatic heterocycles. The van der Waals surface area contributed by atoms with Gasteiger partial charge < -0.3 is 5.32 Å². The van der Waals surface area contributed by atoms with Gasteiger partial charge in [0, 0.05) is 13.1 Å². The van der Waals surface area contributed by atoms with Gasteiger partial charge in [-0.1, -0.05) is 11.6 Å². The highest BCUT2D eigenvalue weighted by molar-refractivity contribution is 7.89. The predicted molar refractivity (Wildman–Crippen MR) is 72.2 cm³/mol. The van der Waals surface area contributed by atoms with Crippen LogP contribution in [0.1, 0.15) is 12.0 Å². The second kappa shape index (κ2) is 6.35. The summed E-state index contributed by atoms with van der Waals surface area (Å²) in [5.41, 5.74) is -0.412. The third kappa shape index (κ3) is 4.05. The minimum absolute atomic E-state index is 0.0559. The number of halogens is 4. The Balaban J connectivity index is 2.23. The van der Waals surface area contributed by atoms with E-state index in [2.05, 4.69) is 10.0 Å². The molecule has 0 saturated heterocycles. The first kappa shape index (κ1) is 16.9. The Morgan fingerprint density at radius 1 is 1.27 bits per heavy atom. The molecule has 1 aromatic rings. The smallest absolute Gasteiger partial charge is 0.313 e. The molecule has 0 atom stereocenters. The van der Waals surface area contributed by atoms with Crippen molar-refractivity contribution < 1.29 is 26.0 Å². The maximum atomic E-state index is 13.6. The summed E-state index contributed by atoms with van der Waals surface area (Å²) in [6, 6.07) is 1.30. The average molecular weight is 338 g/mol. The summed E-state index contributed by atoms with van der Waals surface area (Å²) in [7, 11) is -4.36. The molecule has 9 heteroatoms. The molecule has 0 bridgehead atoms. The standard InChI is InChI=1S/C13H14F4N2O2S/c14-11-2-1-10(13(15,16)17)7-12(11)22(20,21)19-8-9-3-5-18-6-4-9/h1-3,7,18-19H,4-6,8H2. The van der Waals surface area contributed by atoms with Crippen molar-refractivity contribution in [3.63, 3.8) is 0 Å². The molecule has 22 heavy (non-hydrogen) atoms. The van der Waals surface area contributed by atoms with Crippen LogP contribution in [0.3, 0.4) is 0 Å². The first-order valence-electron chi connectivity index (χ1n) is 6.45. The van der Waals surface area contributed by atoms with E-state index in [-0.39, 0.29) is 6.54 Å². The van der Waals surface area contributed by atoms with Gasteiger partial charge in [-0.25, -0.2) is 17.5 Å². The van der Waals surface area contributed by atoms with Crippen molar-refractivity contribution in [2.75, 3.05) is 19.6 Å². The highest BCUT2D eigenvalue weighted by atomic mass is 32.2. The Hall–Kier alpha value is -1.45. The summed E-state index contributed by atoms with van der Waals surface area (Å²) in [5, 5.41) is 3.04. The van der Waals surface area contributed by atoms with Crippen LogP contribution < -0.4 is 10.0 Å². The Labute approximate surface area is 125 Å². The normalized spacial score (nSPS) is 16.5. The van der Waals surface area contributed by atoms with Crippen LogP contribution in [-0.2, 0) is 16.2 Å². The molecular weight excluding hydrogens is 324 g/mol. The SMILES string of the molecule is O=S(=O)(NCC1=CCNCC1)c1cc(C(F)(F)F)ccc1F. The van der Waals surface area contributed by atoms with E-state index in [4.69, 9.17) is 0 Å². The van der Waals surface area contributed by atoms with Crippen LogP contribution in [0.2, 0.25) is 0 Å². The molecule has 0 saturated carbocycles. The van der Waals surface area contributed by atoms with E-state index in [0.717, 1.165) is 5.57 Å². The third-order valence-corrected chi connectivity index (χ3v) is 4.61. The largest absolute Gasteiger partial charge is 0.416 e. The lowest BCUT2D eigenvalue weighted by Gasteiger charge is -2.15. The van der Waals surface area contributed by atoms with Crippen molar-refractivity contribution in [3.05, 3.63) is 41.2 Å². The van der Waals surface area contributed by atoms with Gasteiger partial charge in [0.25, 0.3) is 0 Å². The number of hydrogen-bond donors (Lipinski definition) is 2. The molecular formula is C13H14F4N2O2S. The van der Waals surface area contributed by atoms with Gasteiger partial charge in [0.2, 0.25) is 10.0 Å². The van der Waals surface area contributed by atoms with Gasteiger partial charge in [-0.05, 0) is 31.2 Å². The van der Waals surface area contributed by atoms with Gasteiger partial charge in [-0.2, -0.15) is 13.2 Å². The quantitative estimate of drug-likeness (QED) is 0.652. The molecule has 0 aromatic heterocycles. The zero-order chi connectivity index (χ0) is 16.4. The van der Waals surface area contributed by atoms with E-state index in [9.17, 15) is 26.0 Å². The van der Waals surface area contributed by atoms with E-state index < -0.39 is 32.5 Å². The van der Waals surface area contributed by atoms with Crippen LogP contribution in [0, 0.1) is 5.82 Å². The van der Waals surface area contributed by atoms with Crippen molar-refractivity contribution in [3.8, 4) is 0 Å². The van der Waals surface area contributed by atoms with Gasteiger partial charge in [-0.15, -0.1) is 0 Å². The zero-order valence-electron chi connectivity index (χ0n) is 11.4. The van der Waals surface area contributed by atoms with Crippen LogP contribution in [0.25, 0.3) is 0 Å². The number of alkyl halides is 3. The van der Waals surface area contributed by atoms with Crippen LogP contribution in [0.5, 0.6) is 0 Å². The van der Waals surface area contributed by atoms with E-state index in [1.807, 2.05) is 0 Å². The van der Waals surface area contributed by atoms with Gasteiger partial charge in [0.1, 0.15) is 10.7 Å². The highest BCUT2D eigenvalue weighted by Crippen LogP contribution is 2.31. The lowest BCUT2D eigenvalue weighted by molar-refractivity contribution is -0.137. The maximum Gasteiger partial charge on any atom is 0.416 e. The van der Waals surface area contributed by atoms with Gasteiger partial charge in [0.15, 0.2) is 0 Å². The van der Waals surface area contributed by atoms with E-state index in [1.54, 1.807) is 6.08 Å². The molecule has 1 aliphatic rings.